The van der Waals surface area contributed by atoms with Crippen LogP contribution in [0, 0.1) is 25.2 Å². The van der Waals surface area contributed by atoms with Gasteiger partial charge in [0.15, 0.2) is 5.16 Å². The second-order valence-corrected chi connectivity index (χ2v) is 7.87. The van der Waals surface area contributed by atoms with E-state index >= 15 is 0 Å². The molecule has 0 radical (unpaired) electrons. The van der Waals surface area contributed by atoms with Crippen molar-refractivity contribution in [1.82, 2.24) is 14.8 Å². The van der Waals surface area contributed by atoms with E-state index in [1.165, 1.54) is 17.3 Å². The number of aromatic nitrogens is 3. The average Bonchev–Trinajstić information content (AvgIpc) is 3.22. The van der Waals surface area contributed by atoms with Crippen LogP contribution < -0.4 is 11.1 Å². The van der Waals surface area contributed by atoms with Gasteiger partial charge in [0.25, 0.3) is 0 Å². The molecular weight excluding hydrogens is 400 g/mol. The van der Waals surface area contributed by atoms with Gasteiger partial charge in [0.05, 0.1) is 0 Å². The molecule has 3 N–H and O–H groups in total. The number of carbonyl (C=O) groups excluding carboxylic acids is 1. The minimum absolute atomic E-state index is 0.154. The van der Waals surface area contributed by atoms with Crippen LogP contribution in [0.2, 0.25) is 0 Å². The molecule has 1 aromatic carbocycles. The van der Waals surface area contributed by atoms with Gasteiger partial charge in [-0.1, -0.05) is 49.0 Å². The first-order chi connectivity index (χ1) is 14.5. The number of nitrogens with two attached hydrogens (primary N) is 1. The number of carbonyl (C=O) groups is 1. The SMILES string of the molecule is CCC(C(=O)Nc1oc(C)c(C)c1C#N)n1c(N)nnc1SCCc1ccccc1. The molecule has 2 heterocycles. The van der Waals surface area contributed by atoms with Gasteiger partial charge in [-0.25, -0.2) is 0 Å². The Bertz CT molecular complexity index is 1070. The zero-order chi connectivity index (χ0) is 21.7. The van der Waals surface area contributed by atoms with Gasteiger partial charge in [0, 0.05) is 11.3 Å². The number of nitriles is 1. The van der Waals surface area contributed by atoms with Crippen molar-refractivity contribution in [3.05, 3.63) is 52.8 Å². The number of hydrogen-bond donors (Lipinski definition) is 2. The molecule has 0 saturated carbocycles. The van der Waals surface area contributed by atoms with Crippen LogP contribution in [-0.4, -0.2) is 26.4 Å². The quantitative estimate of drug-likeness (QED) is 0.526. The molecule has 8 nitrogen and oxygen atoms in total. The minimum atomic E-state index is -0.628. The maximum atomic E-state index is 13.0. The molecule has 2 aromatic heterocycles. The smallest absolute Gasteiger partial charge is 0.249 e. The molecule has 1 unspecified atom stereocenters. The number of hydrogen-bond acceptors (Lipinski definition) is 7. The molecular formula is C21H24N6O2S. The van der Waals surface area contributed by atoms with E-state index in [2.05, 4.69) is 33.7 Å². The van der Waals surface area contributed by atoms with Crippen LogP contribution in [0.5, 0.6) is 0 Å². The number of nitrogens with one attached hydrogen (secondary N) is 1. The van der Waals surface area contributed by atoms with Crippen LogP contribution in [-0.2, 0) is 11.2 Å². The number of nitrogen functional groups attached to an aromatic ring is 1. The number of benzene rings is 1. The van der Waals surface area contributed by atoms with Gasteiger partial charge >= 0.3 is 0 Å². The zero-order valence-corrected chi connectivity index (χ0v) is 18.0. The summed E-state index contributed by atoms with van der Waals surface area (Å²) in [6, 6.07) is 11.6. The third kappa shape index (κ3) is 4.49. The first kappa shape index (κ1) is 21.5. The van der Waals surface area contributed by atoms with Crippen molar-refractivity contribution in [3.8, 4) is 6.07 Å². The second kappa shape index (κ2) is 9.50. The molecule has 0 fully saturated rings. The fourth-order valence-electron chi connectivity index (χ4n) is 3.11. The van der Waals surface area contributed by atoms with Gasteiger partial charge in [-0.2, -0.15) is 5.26 Å². The molecule has 9 heteroatoms. The molecule has 0 saturated heterocycles. The first-order valence-electron chi connectivity index (χ1n) is 9.64. The highest BCUT2D eigenvalue weighted by Gasteiger charge is 2.27. The van der Waals surface area contributed by atoms with E-state index in [1.807, 2.05) is 25.1 Å². The highest BCUT2D eigenvalue weighted by molar-refractivity contribution is 7.99. The van der Waals surface area contributed by atoms with Crippen LogP contribution in [0.4, 0.5) is 11.8 Å². The number of nitrogens with zero attached hydrogens (tertiary/aromatic N) is 4. The summed E-state index contributed by atoms with van der Waals surface area (Å²) in [7, 11) is 0. The Kier molecular flexibility index (Phi) is 6.79. The van der Waals surface area contributed by atoms with E-state index < -0.39 is 6.04 Å². The monoisotopic (exact) mass is 424 g/mol. The molecule has 156 valence electrons. The summed E-state index contributed by atoms with van der Waals surface area (Å²) >= 11 is 1.50. The van der Waals surface area contributed by atoms with Crippen molar-refractivity contribution in [2.45, 2.75) is 44.8 Å². The summed E-state index contributed by atoms with van der Waals surface area (Å²) in [4.78, 5) is 13.0. The molecule has 0 bridgehead atoms. The lowest BCUT2D eigenvalue weighted by Gasteiger charge is -2.18. The van der Waals surface area contributed by atoms with Crippen molar-refractivity contribution in [3.63, 3.8) is 0 Å². The summed E-state index contributed by atoms with van der Waals surface area (Å²) in [5.74, 6) is 1.36. The number of aryl methyl sites for hydroxylation is 2. The van der Waals surface area contributed by atoms with Crippen LogP contribution in [0.1, 0.15) is 41.8 Å². The highest BCUT2D eigenvalue weighted by Crippen LogP contribution is 2.29. The average molecular weight is 425 g/mol. The van der Waals surface area contributed by atoms with Crippen molar-refractivity contribution in [1.29, 1.82) is 5.26 Å². The third-order valence-electron chi connectivity index (χ3n) is 4.89. The zero-order valence-electron chi connectivity index (χ0n) is 17.2. The largest absolute Gasteiger partial charge is 0.444 e. The van der Waals surface area contributed by atoms with Gasteiger partial charge in [0.1, 0.15) is 23.4 Å². The maximum absolute atomic E-state index is 13.0. The molecule has 1 amide bonds. The predicted octanol–water partition coefficient (Wildman–Crippen LogP) is 3.87. The van der Waals surface area contributed by atoms with E-state index in [0.717, 1.165) is 12.2 Å². The van der Waals surface area contributed by atoms with Crippen molar-refractivity contribution >= 4 is 29.5 Å². The predicted molar refractivity (Wildman–Crippen MR) is 116 cm³/mol. The minimum Gasteiger partial charge on any atom is -0.444 e. The van der Waals surface area contributed by atoms with E-state index in [-0.39, 0.29) is 17.7 Å². The number of furan rings is 1. The normalized spacial score (nSPS) is 11.8. The number of anilines is 2. The summed E-state index contributed by atoms with van der Waals surface area (Å²) < 4.78 is 7.20. The van der Waals surface area contributed by atoms with Crippen LogP contribution in [0.25, 0.3) is 0 Å². The van der Waals surface area contributed by atoms with E-state index in [9.17, 15) is 10.1 Å². The lowest BCUT2D eigenvalue weighted by atomic mass is 10.1. The van der Waals surface area contributed by atoms with Gasteiger partial charge < -0.3 is 10.2 Å². The molecule has 3 aromatic rings. The van der Waals surface area contributed by atoms with Gasteiger partial charge in [-0.3, -0.25) is 14.7 Å². The Balaban J connectivity index is 1.76. The summed E-state index contributed by atoms with van der Waals surface area (Å²) in [6.45, 7) is 5.41. The molecule has 0 aliphatic carbocycles. The molecule has 0 aliphatic rings. The van der Waals surface area contributed by atoms with E-state index in [4.69, 9.17) is 10.2 Å². The van der Waals surface area contributed by atoms with Gasteiger partial charge in [-0.05, 0) is 32.3 Å². The van der Waals surface area contributed by atoms with E-state index in [1.54, 1.807) is 18.4 Å². The third-order valence-corrected chi connectivity index (χ3v) is 5.84. The topological polar surface area (TPSA) is 123 Å². The Morgan fingerprint density at radius 2 is 2.07 bits per heavy atom. The molecule has 0 spiro atoms. The standard InChI is InChI=1S/C21H24N6O2S/c1-4-17(18(28)24-19-16(12-22)13(2)14(3)29-19)27-20(23)25-26-21(27)30-11-10-15-8-6-5-7-9-15/h5-9,17H,4,10-11H2,1-3H3,(H2,23,25)(H,24,28). The molecule has 30 heavy (non-hydrogen) atoms. The fourth-order valence-corrected chi connectivity index (χ4v) is 4.09. The van der Waals surface area contributed by atoms with Crippen molar-refractivity contribution < 1.29 is 9.21 Å². The number of amides is 1. The lowest BCUT2D eigenvalue weighted by molar-refractivity contribution is -0.119. The number of rotatable bonds is 8. The fraction of sp³-hybridized carbons (Fsp3) is 0.333. The summed E-state index contributed by atoms with van der Waals surface area (Å²) in [6.07, 6.45) is 1.33. The summed E-state index contributed by atoms with van der Waals surface area (Å²) in [5, 5.41) is 20.8. The van der Waals surface area contributed by atoms with Crippen LogP contribution in [0.3, 0.4) is 0 Å². The van der Waals surface area contributed by atoms with Gasteiger partial charge in [-0.15, -0.1) is 10.2 Å². The Hall–Kier alpha value is -3.25. The lowest BCUT2D eigenvalue weighted by Crippen LogP contribution is -2.27. The Morgan fingerprint density at radius 1 is 1.33 bits per heavy atom. The van der Waals surface area contributed by atoms with Crippen LogP contribution in [0.15, 0.2) is 39.9 Å². The van der Waals surface area contributed by atoms with Crippen molar-refractivity contribution in [2.24, 2.45) is 0 Å². The molecule has 0 aliphatic heterocycles. The first-order valence-corrected chi connectivity index (χ1v) is 10.6. The summed E-state index contributed by atoms with van der Waals surface area (Å²) in [5.41, 5.74) is 8.29. The van der Waals surface area contributed by atoms with E-state index in [0.29, 0.717) is 28.5 Å². The Morgan fingerprint density at radius 3 is 2.73 bits per heavy atom. The van der Waals surface area contributed by atoms with Crippen LogP contribution >= 0.6 is 11.8 Å². The molecule has 3 rings (SSSR count). The second-order valence-electron chi connectivity index (χ2n) is 6.81. The molecule has 1 atom stereocenters. The maximum Gasteiger partial charge on any atom is 0.249 e. The number of thioether (sulfide) groups is 1. The van der Waals surface area contributed by atoms with Gasteiger partial charge in [0.2, 0.25) is 17.7 Å². The van der Waals surface area contributed by atoms with Crippen molar-refractivity contribution in [2.75, 3.05) is 16.8 Å². The Labute approximate surface area is 179 Å². The highest BCUT2D eigenvalue weighted by atomic mass is 32.2.